The van der Waals surface area contributed by atoms with Crippen molar-refractivity contribution in [3.8, 4) is 0 Å². The molecule has 1 saturated heterocycles. The molecule has 2 amide bonds. The molecule has 0 spiro atoms. The van der Waals surface area contributed by atoms with Gasteiger partial charge in [-0.3, -0.25) is 28.1 Å². The average Bonchev–Trinajstić information content (AvgIpc) is 3.58. The molecule has 7 atom stereocenters. The first kappa shape index (κ1) is 43.4. The lowest BCUT2D eigenvalue weighted by Crippen LogP contribution is -2.46. The van der Waals surface area contributed by atoms with E-state index in [-0.39, 0.29) is 48.7 Å². The maximum absolute atomic E-state index is 12.4. The molecule has 27 heteroatoms. The second-order valence-corrected chi connectivity index (χ2v) is 16.0. The van der Waals surface area contributed by atoms with E-state index in [2.05, 4.69) is 50.0 Å². The number of nitrogens with two attached hydrogens (primary N) is 1. The van der Waals surface area contributed by atoms with Crippen molar-refractivity contribution in [2.45, 2.75) is 64.3 Å². The molecule has 0 aliphatic carbocycles. The fourth-order valence-electron chi connectivity index (χ4n) is 4.45. The molecular weight excluding hydrogens is 763 g/mol. The Hall–Kier alpha value is -3.05. The van der Waals surface area contributed by atoms with Crippen LogP contribution in [0.15, 0.2) is 24.8 Å². The van der Waals surface area contributed by atoms with E-state index < -0.39 is 84.6 Å². The molecule has 24 nitrogen and oxygen atoms in total. The third kappa shape index (κ3) is 12.3. The highest BCUT2D eigenvalue weighted by atomic mass is 31.3. The number of phosphoric acid groups is 3. The van der Waals surface area contributed by atoms with Crippen LogP contribution in [0.4, 0.5) is 5.82 Å². The first-order valence-corrected chi connectivity index (χ1v) is 19.3. The van der Waals surface area contributed by atoms with Crippen molar-refractivity contribution in [3.63, 3.8) is 0 Å². The highest BCUT2D eigenvalue weighted by Crippen LogP contribution is 2.56. The molecule has 3 heterocycles. The number of Topliss-reactive ketones (excluding diaryl/α,β-unsaturated/α-hetero) is 1. The molecule has 292 valence electrons. The topological polar surface area (TPSA) is 375 Å². The average molecular weight is 800 g/mol. The van der Waals surface area contributed by atoms with Gasteiger partial charge in [0, 0.05) is 31.3 Å². The van der Waals surface area contributed by atoms with Crippen molar-refractivity contribution in [2.24, 2.45) is 5.41 Å². The number of nitrogens with one attached hydrogen (secondary N) is 2. The number of aliphatic hydroxyl groups is 2. The molecule has 6 N–H and O–H groups in total. The predicted molar refractivity (Wildman–Crippen MR) is 165 cm³/mol. The number of aliphatic hydroxyl groups excluding tert-OH is 2. The number of phosphoric ester groups is 3. The van der Waals surface area contributed by atoms with Gasteiger partial charge in [0.15, 0.2) is 23.5 Å². The summed E-state index contributed by atoms with van der Waals surface area (Å²) >= 11 is 0. The molecule has 52 heavy (non-hydrogen) atoms. The van der Waals surface area contributed by atoms with Crippen LogP contribution in [-0.4, -0.2) is 98.0 Å². The monoisotopic (exact) mass is 799 g/mol. The van der Waals surface area contributed by atoms with Crippen LogP contribution in [0.1, 0.15) is 39.8 Å². The van der Waals surface area contributed by atoms with Crippen molar-refractivity contribution >= 4 is 58.0 Å². The maximum atomic E-state index is 12.4. The Morgan fingerprint density at radius 1 is 1.08 bits per heavy atom. The highest BCUT2D eigenvalue weighted by molar-refractivity contribution is 7.59. The Morgan fingerprint density at radius 3 is 2.35 bits per heavy atom. The van der Waals surface area contributed by atoms with Crippen molar-refractivity contribution in [3.05, 3.63) is 24.8 Å². The van der Waals surface area contributed by atoms with Gasteiger partial charge in [0.25, 0.3) is 15.6 Å². The molecule has 7 unspecified atom stereocenters. The standard InChI is InChI=1S/C25H40N7O17P3/c1-13(2)14(33)5-7-27-16(34)6-8-28-23(37)20(36)25(3,4)10-46-52(43,44)49-51(41,42)45-9-15-19(48-50(38,39)40)18(35)24(47-15)32-12-31-17-21(26)29-11-30-22(17)32/h11-12,15,18-20,24,35-36H,1,5-10H2,2-4H3,(H,27,34)(H,28,37)(H,41,42)(H,43,44)(H2,26,29,30)(H2,38,39,40)/p-4. The van der Waals surface area contributed by atoms with E-state index in [0.29, 0.717) is 5.57 Å². The SMILES string of the molecule is C=C(C)C(=O)CCNC(=O)CCNC(=O)C(O)C(C)(C)COP(=O)([O-])OP(=O)([O-])OCC1OC(n2cnc3c(N)ncnc32)C(O)C1OP(=O)([O-])[O-]. The number of hydrogen-bond donors (Lipinski definition) is 5. The third-order valence-electron chi connectivity index (χ3n) is 7.20. The van der Waals surface area contributed by atoms with Crippen molar-refractivity contribution in [1.82, 2.24) is 30.2 Å². The lowest BCUT2D eigenvalue weighted by Gasteiger charge is -2.36. The second kappa shape index (κ2) is 17.4. The summed E-state index contributed by atoms with van der Waals surface area (Å²) in [7, 11) is -17.6. The van der Waals surface area contributed by atoms with Gasteiger partial charge < -0.3 is 69.0 Å². The van der Waals surface area contributed by atoms with Crippen LogP contribution < -0.4 is 35.9 Å². The Balaban J connectivity index is 1.55. The van der Waals surface area contributed by atoms with Gasteiger partial charge in [0.05, 0.1) is 27.4 Å². The summed E-state index contributed by atoms with van der Waals surface area (Å²) in [5, 5.41) is 25.9. The van der Waals surface area contributed by atoms with Gasteiger partial charge in [-0.1, -0.05) is 20.4 Å². The number of allylic oxidation sites excluding steroid dienone is 1. The van der Waals surface area contributed by atoms with Gasteiger partial charge in [-0.25, -0.2) is 19.3 Å². The van der Waals surface area contributed by atoms with Gasteiger partial charge in [-0.05, 0) is 12.5 Å². The summed E-state index contributed by atoms with van der Waals surface area (Å²) in [6, 6.07) is 0. The first-order chi connectivity index (χ1) is 23.9. The number of imidazole rings is 1. The van der Waals surface area contributed by atoms with Crippen molar-refractivity contribution in [1.29, 1.82) is 0 Å². The van der Waals surface area contributed by atoms with Crippen LogP contribution in [-0.2, 0) is 50.7 Å². The van der Waals surface area contributed by atoms with Crippen LogP contribution in [0, 0.1) is 5.41 Å². The summed E-state index contributed by atoms with van der Waals surface area (Å²) in [6.07, 6.45) is -7.60. The van der Waals surface area contributed by atoms with Crippen molar-refractivity contribution in [2.75, 3.05) is 32.0 Å². The minimum atomic E-state index is -5.91. The minimum Gasteiger partial charge on any atom is -0.790 e. The van der Waals surface area contributed by atoms with E-state index in [9.17, 15) is 57.9 Å². The smallest absolute Gasteiger partial charge is 0.274 e. The number of nitrogens with zero attached hydrogens (tertiary/aromatic N) is 4. The Kier molecular flexibility index (Phi) is 14.5. The summed E-state index contributed by atoms with van der Waals surface area (Å²) in [6.45, 7) is 4.90. The number of aromatic nitrogens is 4. The van der Waals surface area contributed by atoms with E-state index in [0.717, 1.165) is 17.2 Å². The number of rotatable bonds is 20. The van der Waals surface area contributed by atoms with E-state index in [1.807, 2.05) is 0 Å². The molecule has 1 aliphatic rings. The van der Waals surface area contributed by atoms with Crippen LogP contribution in [0.25, 0.3) is 11.2 Å². The molecule has 3 rings (SSSR count). The number of hydrogen-bond acceptors (Lipinski definition) is 21. The van der Waals surface area contributed by atoms with Crippen molar-refractivity contribution < 1.29 is 80.5 Å². The molecule has 1 fully saturated rings. The van der Waals surface area contributed by atoms with Crippen LogP contribution in [0.3, 0.4) is 0 Å². The van der Waals surface area contributed by atoms with Crippen LogP contribution >= 0.6 is 23.5 Å². The summed E-state index contributed by atoms with van der Waals surface area (Å²) < 4.78 is 60.2. The summed E-state index contributed by atoms with van der Waals surface area (Å²) in [5.74, 6) is -1.86. The van der Waals surface area contributed by atoms with Gasteiger partial charge >= 0.3 is 0 Å². The fourth-order valence-corrected chi connectivity index (χ4v) is 7.18. The van der Waals surface area contributed by atoms with E-state index >= 15 is 0 Å². The quantitative estimate of drug-likeness (QED) is 0.0638. The lowest BCUT2D eigenvalue weighted by molar-refractivity contribution is -0.347. The number of nitrogen functional groups attached to an aromatic ring is 1. The van der Waals surface area contributed by atoms with E-state index in [1.54, 1.807) is 0 Å². The number of carbonyl (C=O) groups excluding carboxylic acids is 3. The molecule has 0 bridgehead atoms. The van der Waals surface area contributed by atoms with Gasteiger partial charge in [-0.15, -0.1) is 0 Å². The molecule has 2 aromatic rings. The summed E-state index contributed by atoms with van der Waals surface area (Å²) in [4.78, 5) is 95.1. The molecule has 2 aromatic heterocycles. The van der Waals surface area contributed by atoms with Gasteiger partial charge in [0.1, 0.15) is 36.3 Å². The first-order valence-electron chi connectivity index (χ1n) is 14.9. The molecule has 0 saturated carbocycles. The number of ether oxygens (including phenoxy) is 1. The zero-order valence-corrected chi connectivity index (χ0v) is 30.4. The molecule has 1 aliphatic heterocycles. The van der Waals surface area contributed by atoms with Gasteiger partial charge in [0.2, 0.25) is 11.8 Å². The third-order valence-corrected chi connectivity index (χ3v) is 10.2. The fraction of sp³-hybridized carbons (Fsp3) is 0.600. The normalized spacial score (nSPS) is 22.3. The molecular formula is C25H36N7O17P3-4. The number of anilines is 1. The minimum absolute atomic E-state index is 0.0234. The van der Waals surface area contributed by atoms with Gasteiger partial charge in [-0.2, -0.15) is 0 Å². The zero-order valence-electron chi connectivity index (χ0n) is 27.7. The predicted octanol–water partition coefficient (Wildman–Crippen LogP) is -3.59. The van der Waals surface area contributed by atoms with Crippen LogP contribution in [0.5, 0.6) is 0 Å². The largest absolute Gasteiger partial charge is 0.790 e. The summed E-state index contributed by atoms with van der Waals surface area (Å²) in [5.41, 5.74) is 4.38. The Morgan fingerprint density at radius 2 is 1.71 bits per heavy atom. The Bertz CT molecular complexity index is 1790. The molecule has 0 aromatic carbocycles. The van der Waals surface area contributed by atoms with E-state index in [1.165, 1.54) is 20.8 Å². The Labute approximate surface area is 295 Å². The lowest BCUT2D eigenvalue weighted by atomic mass is 9.87. The second-order valence-electron chi connectivity index (χ2n) is 11.9. The van der Waals surface area contributed by atoms with E-state index in [4.69, 9.17) is 10.5 Å². The van der Waals surface area contributed by atoms with Crippen LogP contribution in [0.2, 0.25) is 0 Å². The highest BCUT2D eigenvalue weighted by Gasteiger charge is 2.47. The number of amides is 2. The number of fused-ring (bicyclic) bond motifs is 1. The zero-order chi connectivity index (χ0) is 39.2. The maximum Gasteiger partial charge on any atom is 0.274 e. The molecule has 0 radical (unpaired) electrons. The number of carbonyl (C=O) groups is 3. The number of ketones is 1.